The molecule has 10 nitrogen and oxygen atoms in total. The fourth-order valence-corrected chi connectivity index (χ4v) is 5.07. The summed E-state index contributed by atoms with van der Waals surface area (Å²) >= 11 is 1.36. The molecule has 1 amide bonds. The highest BCUT2D eigenvalue weighted by atomic mass is 32.1. The number of aryl methyl sites for hydroxylation is 1. The quantitative estimate of drug-likeness (QED) is 0.448. The fourth-order valence-electron chi connectivity index (χ4n) is 4.53. The van der Waals surface area contributed by atoms with Gasteiger partial charge in [0.25, 0.3) is 0 Å². The second-order valence-corrected chi connectivity index (χ2v) is 9.54. The Bertz CT molecular complexity index is 1140. The zero-order chi connectivity index (χ0) is 21.7. The summed E-state index contributed by atoms with van der Waals surface area (Å²) in [5.41, 5.74) is 3.25. The van der Waals surface area contributed by atoms with E-state index in [1.54, 1.807) is 11.1 Å². The molecule has 2 atom stereocenters. The molecule has 32 heavy (non-hydrogen) atoms. The second-order valence-electron chi connectivity index (χ2n) is 8.64. The van der Waals surface area contributed by atoms with Crippen LogP contribution in [-0.2, 0) is 17.6 Å². The number of thiazole rings is 1. The van der Waals surface area contributed by atoms with Crippen molar-refractivity contribution in [3.05, 3.63) is 34.6 Å². The van der Waals surface area contributed by atoms with Gasteiger partial charge in [-0.2, -0.15) is 10.1 Å². The van der Waals surface area contributed by atoms with Gasteiger partial charge in [0.1, 0.15) is 11.9 Å². The number of nitrogens with one attached hydrogen (secondary N) is 3. The van der Waals surface area contributed by atoms with Crippen molar-refractivity contribution in [3.8, 4) is 0 Å². The maximum absolute atomic E-state index is 12.9. The van der Waals surface area contributed by atoms with Crippen LogP contribution in [0.25, 0.3) is 0 Å². The largest absolute Gasteiger partial charge is 0.391 e. The van der Waals surface area contributed by atoms with Gasteiger partial charge in [0.05, 0.1) is 11.8 Å². The van der Waals surface area contributed by atoms with Gasteiger partial charge in [-0.05, 0) is 32.1 Å². The molecule has 2 fully saturated rings. The number of carbonyl (C=O) groups excluding carboxylic acids is 1. The van der Waals surface area contributed by atoms with E-state index in [2.05, 4.69) is 25.8 Å². The van der Waals surface area contributed by atoms with E-state index in [1.165, 1.54) is 24.2 Å². The van der Waals surface area contributed by atoms with Crippen LogP contribution < -0.4 is 15.5 Å². The van der Waals surface area contributed by atoms with Crippen LogP contribution in [0.2, 0.25) is 0 Å². The molecule has 2 aliphatic carbocycles. The number of aliphatic hydroxyl groups excluding tert-OH is 1. The first kappa shape index (κ1) is 19.6. The molecule has 1 saturated carbocycles. The van der Waals surface area contributed by atoms with Gasteiger partial charge in [-0.1, -0.05) is 0 Å². The number of β-amino-alcohol motifs (C(OH)–C–C–N with tert-alkyl or cyclic N) is 1. The average Bonchev–Trinajstić information content (AvgIpc) is 3.21. The van der Waals surface area contributed by atoms with E-state index < -0.39 is 12.1 Å². The Labute approximate surface area is 188 Å². The first-order valence-electron chi connectivity index (χ1n) is 11.0. The summed E-state index contributed by atoms with van der Waals surface area (Å²) in [6, 6.07) is 1.48. The lowest BCUT2D eigenvalue weighted by atomic mass is 10.2. The van der Waals surface area contributed by atoms with E-state index >= 15 is 0 Å². The molecule has 0 spiro atoms. The number of H-pyrrole nitrogens is 1. The molecule has 4 N–H and O–H groups in total. The van der Waals surface area contributed by atoms with Gasteiger partial charge in [-0.25, -0.2) is 9.97 Å². The molecule has 0 radical (unpaired) electrons. The van der Waals surface area contributed by atoms with Crippen LogP contribution in [0.15, 0.2) is 17.6 Å². The highest BCUT2D eigenvalue weighted by molar-refractivity contribution is 7.13. The van der Waals surface area contributed by atoms with Gasteiger partial charge in [-0.3, -0.25) is 9.89 Å². The predicted molar refractivity (Wildman–Crippen MR) is 120 cm³/mol. The molecule has 1 saturated heterocycles. The highest BCUT2D eigenvalue weighted by Gasteiger charge is 2.39. The Morgan fingerprint density at radius 1 is 1.28 bits per heavy atom. The Balaban J connectivity index is 1.29. The second kappa shape index (κ2) is 7.82. The van der Waals surface area contributed by atoms with E-state index in [0.717, 1.165) is 47.8 Å². The number of nitrogens with zero attached hydrogens (tertiary/aromatic N) is 5. The van der Waals surface area contributed by atoms with E-state index in [1.807, 2.05) is 11.4 Å². The van der Waals surface area contributed by atoms with Gasteiger partial charge in [0.2, 0.25) is 11.9 Å². The number of aliphatic hydroxyl groups is 1. The molecule has 4 heterocycles. The monoisotopic (exact) mass is 452 g/mol. The number of amides is 1. The zero-order valence-electron chi connectivity index (χ0n) is 17.4. The van der Waals surface area contributed by atoms with Crippen molar-refractivity contribution < 1.29 is 9.90 Å². The summed E-state index contributed by atoms with van der Waals surface area (Å²) in [4.78, 5) is 28.5. The number of aromatic nitrogens is 5. The number of fused-ring (bicyclic) bond motifs is 1. The molecule has 3 aliphatic rings. The van der Waals surface area contributed by atoms with Crippen LogP contribution in [0.4, 0.5) is 22.7 Å². The summed E-state index contributed by atoms with van der Waals surface area (Å²) in [5, 5.41) is 26.4. The normalized spacial score (nSPS) is 22.2. The molecule has 11 heteroatoms. The molecule has 166 valence electrons. The van der Waals surface area contributed by atoms with Crippen molar-refractivity contribution in [1.29, 1.82) is 0 Å². The third-order valence-corrected chi connectivity index (χ3v) is 6.97. The van der Waals surface area contributed by atoms with Crippen molar-refractivity contribution in [2.24, 2.45) is 0 Å². The van der Waals surface area contributed by atoms with Crippen molar-refractivity contribution in [3.63, 3.8) is 0 Å². The lowest BCUT2D eigenvalue weighted by Crippen LogP contribution is -2.40. The van der Waals surface area contributed by atoms with Crippen molar-refractivity contribution in [2.75, 3.05) is 22.1 Å². The number of rotatable bonds is 6. The minimum atomic E-state index is -0.622. The summed E-state index contributed by atoms with van der Waals surface area (Å²) in [6.07, 6.45) is 6.56. The maximum atomic E-state index is 12.9. The van der Waals surface area contributed by atoms with Crippen LogP contribution in [0, 0.1) is 0 Å². The molecule has 3 aromatic rings. The van der Waals surface area contributed by atoms with Gasteiger partial charge < -0.3 is 20.6 Å². The third-order valence-electron chi connectivity index (χ3n) is 6.28. The molecule has 6 rings (SSSR count). The molecular formula is C21H24N8O2S. The molecule has 1 unspecified atom stereocenters. The topological polar surface area (TPSA) is 132 Å². The standard InChI is InChI=1S/C21H24N8O2S/c30-12-8-16(19(31)26-21-22-6-7-32-21)29(10-12)20-23-14-3-1-2-13(14)18(25-20)24-17-9-15(27-28-17)11-4-5-11/h6-7,9,11-12,16,30H,1-5,8,10H2,(H,22,26,31)(H2,23,24,25,27,28)/t12-,16?/m1/s1. The summed E-state index contributed by atoms with van der Waals surface area (Å²) in [5.74, 6) is 2.31. The zero-order valence-corrected chi connectivity index (χ0v) is 18.2. The molecule has 0 bridgehead atoms. The fraction of sp³-hybridized carbons (Fsp3) is 0.476. The Morgan fingerprint density at radius 2 is 2.19 bits per heavy atom. The summed E-state index contributed by atoms with van der Waals surface area (Å²) in [7, 11) is 0. The molecular weight excluding hydrogens is 428 g/mol. The molecule has 3 aromatic heterocycles. The SMILES string of the molecule is O=C(Nc1nccs1)C1C[C@@H](O)CN1c1nc2c(c(Nc3cc(C4CC4)[nH]n3)n1)CCC2. The van der Waals surface area contributed by atoms with Crippen molar-refractivity contribution in [1.82, 2.24) is 25.1 Å². The number of carbonyl (C=O) groups is 1. The van der Waals surface area contributed by atoms with Gasteiger partial charge in [0, 0.05) is 47.8 Å². The molecule has 1 aliphatic heterocycles. The third kappa shape index (κ3) is 3.71. The number of hydrogen-bond donors (Lipinski definition) is 4. The number of hydrogen-bond acceptors (Lipinski definition) is 9. The Morgan fingerprint density at radius 3 is 3.00 bits per heavy atom. The summed E-state index contributed by atoms with van der Waals surface area (Å²) < 4.78 is 0. The van der Waals surface area contributed by atoms with Gasteiger partial charge in [0.15, 0.2) is 10.9 Å². The van der Waals surface area contributed by atoms with E-state index in [9.17, 15) is 9.90 Å². The van der Waals surface area contributed by atoms with Crippen LogP contribution in [0.3, 0.4) is 0 Å². The molecule has 0 aromatic carbocycles. The van der Waals surface area contributed by atoms with Crippen LogP contribution >= 0.6 is 11.3 Å². The van der Waals surface area contributed by atoms with Crippen LogP contribution in [0.1, 0.15) is 48.6 Å². The first-order valence-corrected chi connectivity index (χ1v) is 11.9. The van der Waals surface area contributed by atoms with Gasteiger partial charge in [-0.15, -0.1) is 11.3 Å². The number of aromatic amines is 1. The minimum absolute atomic E-state index is 0.212. The summed E-state index contributed by atoms with van der Waals surface area (Å²) in [6.45, 7) is 0.308. The maximum Gasteiger partial charge on any atom is 0.249 e. The average molecular weight is 453 g/mol. The Kier molecular flexibility index (Phi) is 4.80. The van der Waals surface area contributed by atoms with E-state index in [0.29, 0.717) is 30.0 Å². The van der Waals surface area contributed by atoms with E-state index in [-0.39, 0.29) is 5.91 Å². The minimum Gasteiger partial charge on any atom is -0.391 e. The number of anilines is 4. The lowest BCUT2D eigenvalue weighted by molar-refractivity contribution is -0.117. The smallest absolute Gasteiger partial charge is 0.249 e. The first-order chi connectivity index (χ1) is 15.6. The van der Waals surface area contributed by atoms with Crippen molar-refractivity contribution in [2.45, 2.75) is 56.6 Å². The lowest BCUT2D eigenvalue weighted by Gasteiger charge is -2.24. The Hall–Kier alpha value is -3.05. The van der Waals surface area contributed by atoms with Crippen molar-refractivity contribution >= 4 is 40.0 Å². The highest BCUT2D eigenvalue weighted by Crippen LogP contribution is 2.40. The predicted octanol–water partition coefficient (Wildman–Crippen LogP) is 2.34. The van der Waals surface area contributed by atoms with E-state index in [4.69, 9.17) is 9.97 Å². The van der Waals surface area contributed by atoms with Gasteiger partial charge >= 0.3 is 0 Å². The van der Waals surface area contributed by atoms with Crippen LogP contribution in [-0.4, -0.2) is 54.9 Å². The van der Waals surface area contributed by atoms with Crippen LogP contribution in [0.5, 0.6) is 0 Å².